The van der Waals surface area contributed by atoms with Crippen molar-refractivity contribution in [2.24, 2.45) is 5.92 Å². The van der Waals surface area contributed by atoms with Crippen LogP contribution in [-0.4, -0.2) is 34.5 Å². The van der Waals surface area contributed by atoms with E-state index >= 15 is 0 Å². The van der Waals surface area contributed by atoms with Crippen LogP contribution in [0.5, 0.6) is 0 Å². The van der Waals surface area contributed by atoms with Crippen molar-refractivity contribution in [2.75, 3.05) is 17.2 Å². The van der Waals surface area contributed by atoms with Gasteiger partial charge in [-0.25, -0.2) is 9.18 Å². The molecule has 0 radical (unpaired) electrons. The van der Waals surface area contributed by atoms with Gasteiger partial charge in [0.2, 0.25) is 11.8 Å². The lowest BCUT2D eigenvalue weighted by molar-refractivity contribution is -0.129. The van der Waals surface area contributed by atoms with Crippen molar-refractivity contribution in [3.63, 3.8) is 0 Å². The van der Waals surface area contributed by atoms with Gasteiger partial charge in [0.25, 0.3) is 0 Å². The Labute approximate surface area is 247 Å². The molecule has 3 aromatic rings. The Hall–Kier alpha value is -4.68. The van der Waals surface area contributed by atoms with Gasteiger partial charge in [0, 0.05) is 35.4 Å². The molecular weight excluding hydrogens is 559 g/mol. The van der Waals surface area contributed by atoms with Crippen molar-refractivity contribution < 1.29 is 23.9 Å². The number of fused-ring (bicyclic) bond motifs is 4. The lowest BCUT2D eigenvalue weighted by Crippen LogP contribution is -2.37. The summed E-state index contributed by atoms with van der Waals surface area (Å²) < 4.78 is 15.0. The molecule has 0 unspecified atom stereocenters. The molecule has 42 heavy (non-hydrogen) atoms. The third-order valence-corrected chi connectivity index (χ3v) is 8.08. The van der Waals surface area contributed by atoms with E-state index in [2.05, 4.69) is 10.6 Å². The highest BCUT2D eigenvalue weighted by atomic mass is 35.5. The SMILES string of the molecule is C[C@@H]1CCC[C@H](N2CCC(c3c(C#N)ccc(Cl)c3F)=CC2=O)c2cccc(c2)-c2ccc(NC(=O)O)cc2NC1=O. The van der Waals surface area contributed by atoms with Crippen LogP contribution in [0.2, 0.25) is 5.02 Å². The molecule has 2 aliphatic rings. The Morgan fingerprint density at radius 1 is 1.17 bits per heavy atom. The number of carboxylic acid groups (broad SMARTS) is 1. The van der Waals surface area contributed by atoms with E-state index in [0.717, 1.165) is 11.1 Å². The minimum Gasteiger partial charge on any atom is -0.465 e. The smallest absolute Gasteiger partial charge is 0.409 e. The van der Waals surface area contributed by atoms with Gasteiger partial charge < -0.3 is 15.3 Å². The summed E-state index contributed by atoms with van der Waals surface area (Å²) in [5.74, 6) is -1.52. The summed E-state index contributed by atoms with van der Waals surface area (Å²) in [4.78, 5) is 39.6. The molecule has 5 rings (SSSR count). The topological polar surface area (TPSA) is 123 Å². The van der Waals surface area contributed by atoms with E-state index in [0.29, 0.717) is 54.7 Å². The second-order valence-corrected chi connectivity index (χ2v) is 10.9. The fourth-order valence-electron chi connectivity index (χ4n) is 5.64. The minimum atomic E-state index is -1.21. The zero-order chi connectivity index (χ0) is 30.0. The number of anilines is 2. The first-order valence-corrected chi connectivity index (χ1v) is 14.0. The van der Waals surface area contributed by atoms with E-state index in [9.17, 15) is 24.0 Å². The maximum Gasteiger partial charge on any atom is 0.409 e. The number of hydrogen-bond acceptors (Lipinski definition) is 4. The molecule has 0 saturated carbocycles. The quantitative estimate of drug-likeness (QED) is 0.299. The molecule has 0 aromatic heterocycles. The van der Waals surface area contributed by atoms with Gasteiger partial charge in [-0.05, 0) is 66.3 Å². The Morgan fingerprint density at radius 3 is 2.71 bits per heavy atom. The number of hydrogen-bond donors (Lipinski definition) is 3. The number of halogens is 2. The molecule has 3 aromatic carbocycles. The van der Waals surface area contributed by atoms with E-state index in [-0.39, 0.29) is 39.9 Å². The Bertz CT molecular complexity index is 1660. The summed E-state index contributed by atoms with van der Waals surface area (Å²) in [5.41, 5.74) is 3.83. The van der Waals surface area contributed by atoms with E-state index in [1.54, 1.807) is 23.1 Å². The summed E-state index contributed by atoms with van der Waals surface area (Å²) in [6, 6.07) is 17.2. The molecule has 3 N–H and O–H groups in total. The minimum absolute atomic E-state index is 0.0619. The third kappa shape index (κ3) is 5.85. The summed E-state index contributed by atoms with van der Waals surface area (Å²) in [6.45, 7) is 2.15. The van der Waals surface area contributed by atoms with Crippen molar-refractivity contribution in [3.05, 3.63) is 88.2 Å². The number of rotatable bonds is 3. The number of benzene rings is 3. The Morgan fingerprint density at radius 2 is 1.98 bits per heavy atom. The first kappa shape index (κ1) is 28.8. The highest BCUT2D eigenvalue weighted by Crippen LogP contribution is 2.38. The van der Waals surface area contributed by atoms with Crippen LogP contribution in [0.4, 0.5) is 20.6 Å². The fourth-order valence-corrected chi connectivity index (χ4v) is 5.80. The molecule has 2 heterocycles. The van der Waals surface area contributed by atoms with Crippen molar-refractivity contribution in [2.45, 2.75) is 38.6 Å². The van der Waals surface area contributed by atoms with Gasteiger partial charge in [0.1, 0.15) is 0 Å². The number of nitrogens with one attached hydrogen (secondary N) is 2. The molecule has 0 aliphatic carbocycles. The van der Waals surface area contributed by atoms with Gasteiger partial charge in [-0.15, -0.1) is 0 Å². The lowest BCUT2D eigenvalue weighted by Gasteiger charge is -2.35. The second kappa shape index (κ2) is 12.0. The van der Waals surface area contributed by atoms with Crippen LogP contribution < -0.4 is 10.6 Å². The predicted molar refractivity (Wildman–Crippen MR) is 158 cm³/mol. The first-order chi connectivity index (χ1) is 20.2. The lowest BCUT2D eigenvalue weighted by atomic mass is 9.89. The molecule has 0 spiro atoms. The van der Waals surface area contributed by atoms with Crippen LogP contribution >= 0.6 is 11.6 Å². The molecule has 2 atom stereocenters. The van der Waals surface area contributed by atoms with Crippen molar-refractivity contribution in [1.82, 2.24) is 4.90 Å². The molecule has 0 saturated heterocycles. The monoisotopic (exact) mass is 586 g/mol. The average Bonchev–Trinajstić information content (AvgIpc) is 2.96. The zero-order valence-electron chi connectivity index (χ0n) is 22.8. The normalized spacial score (nSPS) is 18.9. The molecule has 8 nitrogen and oxygen atoms in total. The van der Waals surface area contributed by atoms with Crippen LogP contribution in [0, 0.1) is 23.1 Å². The van der Waals surface area contributed by atoms with Gasteiger partial charge in [0.15, 0.2) is 5.82 Å². The predicted octanol–water partition coefficient (Wildman–Crippen LogP) is 7.22. The molecule has 2 bridgehead atoms. The largest absolute Gasteiger partial charge is 0.465 e. The van der Waals surface area contributed by atoms with Crippen LogP contribution in [0.1, 0.15) is 55.3 Å². The molecule has 3 amide bonds. The van der Waals surface area contributed by atoms with Gasteiger partial charge >= 0.3 is 6.09 Å². The van der Waals surface area contributed by atoms with Crippen LogP contribution in [0.3, 0.4) is 0 Å². The van der Waals surface area contributed by atoms with Gasteiger partial charge in [-0.2, -0.15) is 5.26 Å². The van der Waals surface area contributed by atoms with E-state index in [1.807, 2.05) is 37.3 Å². The van der Waals surface area contributed by atoms with Crippen LogP contribution in [0.25, 0.3) is 16.7 Å². The number of nitrogens with zero attached hydrogens (tertiary/aromatic N) is 2. The molecule has 2 aliphatic heterocycles. The van der Waals surface area contributed by atoms with Crippen LogP contribution in [-0.2, 0) is 9.59 Å². The van der Waals surface area contributed by atoms with Gasteiger partial charge in [-0.3, -0.25) is 14.9 Å². The number of nitriles is 1. The van der Waals surface area contributed by atoms with E-state index in [1.165, 1.54) is 18.2 Å². The van der Waals surface area contributed by atoms with E-state index in [4.69, 9.17) is 16.7 Å². The first-order valence-electron chi connectivity index (χ1n) is 13.6. The standard InChI is InChI=1S/C32H28ClFN4O4/c1-18-4-2-7-27(38-13-12-21(15-28(38)39)29-22(17-35)8-11-25(33)30(29)34)20-6-3-5-19(14-20)24-10-9-23(36-32(41)42)16-26(24)37-31(18)40/h3,5-6,8-11,14-16,18,27,36H,2,4,7,12-13H2,1H3,(H,37,40)(H,41,42)/t18-,27+/m1/s1. The number of carbonyl (C=O) groups excluding carboxylic acids is 2. The summed E-state index contributed by atoms with van der Waals surface area (Å²) in [5, 5.41) is 23.9. The summed E-state index contributed by atoms with van der Waals surface area (Å²) in [7, 11) is 0. The molecule has 0 fully saturated rings. The fraction of sp³-hybridized carbons (Fsp3) is 0.250. The Kier molecular flexibility index (Phi) is 8.27. The summed E-state index contributed by atoms with van der Waals surface area (Å²) >= 11 is 6.00. The maximum absolute atomic E-state index is 15.0. The second-order valence-electron chi connectivity index (χ2n) is 10.5. The maximum atomic E-state index is 15.0. The highest BCUT2D eigenvalue weighted by molar-refractivity contribution is 6.31. The van der Waals surface area contributed by atoms with Crippen LogP contribution in [0.15, 0.2) is 60.7 Å². The zero-order valence-corrected chi connectivity index (χ0v) is 23.5. The third-order valence-electron chi connectivity index (χ3n) is 7.79. The van der Waals surface area contributed by atoms with Gasteiger partial charge in [0.05, 0.1) is 28.4 Å². The number of carbonyl (C=O) groups is 3. The van der Waals surface area contributed by atoms with Crippen molar-refractivity contribution in [1.29, 1.82) is 5.26 Å². The van der Waals surface area contributed by atoms with Crippen molar-refractivity contribution >= 4 is 46.5 Å². The van der Waals surface area contributed by atoms with Crippen molar-refractivity contribution in [3.8, 4) is 17.2 Å². The van der Waals surface area contributed by atoms with Gasteiger partial charge in [-0.1, -0.05) is 49.2 Å². The molecule has 214 valence electrons. The molecule has 10 heteroatoms. The van der Waals surface area contributed by atoms with E-state index < -0.39 is 11.9 Å². The summed E-state index contributed by atoms with van der Waals surface area (Å²) in [6.07, 6.45) is 2.37. The highest BCUT2D eigenvalue weighted by Gasteiger charge is 2.30. The molecular formula is C32H28ClFN4O4. The Balaban J connectivity index is 1.54. The average molecular weight is 587 g/mol. The number of amides is 3.